The number of nitrogens with one attached hydrogen (secondary N) is 1. The Morgan fingerprint density at radius 2 is 1.87 bits per heavy atom. The third kappa shape index (κ3) is 6.46. The number of nitrogens with zero attached hydrogens (tertiary/aromatic N) is 2. The van der Waals surface area contributed by atoms with Crippen molar-refractivity contribution in [2.24, 2.45) is 0 Å². The molecule has 0 saturated carbocycles. The van der Waals surface area contributed by atoms with Crippen LogP contribution in [0.5, 0.6) is 11.5 Å². The van der Waals surface area contributed by atoms with E-state index in [1.807, 2.05) is 67.8 Å². The van der Waals surface area contributed by atoms with E-state index in [1.54, 1.807) is 21.1 Å². The number of fused-ring (bicyclic) bond motifs is 1. The van der Waals surface area contributed by atoms with Gasteiger partial charge in [0.05, 0.1) is 12.6 Å². The Bertz CT molecular complexity index is 1270. The molecule has 9 heteroatoms. The molecule has 8 nitrogen and oxygen atoms in total. The fraction of sp³-hybridized carbons (Fsp3) is 0.379. The molecule has 200 valence electrons. The van der Waals surface area contributed by atoms with Gasteiger partial charge >= 0.3 is 6.03 Å². The molecule has 2 aliphatic rings. The van der Waals surface area contributed by atoms with Crippen LogP contribution >= 0.6 is 11.3 Å². The van der Waals surface area contributed by atoms with Gasteiger partial charge in [-0.2, -0.15) is 0 Å². The SMILES string of the molecule is Cc1ccc(NC(=O)N(CC(=O)N(Cc2ccc3c(c2)OCO3)Cc2cccs2)CC2CCCO2)cc1C. The Hall–Kier alpha value is -3.56. The van der Waals surface area contributed by atoms with Gasteiger partial charge < -0.3 is 29.3 Å². The van der Waals surface area contributed by atoms with Crippen LogP contribution in [0.2, 0.25) is 0 Å². The van der Waals surface area contributed by atoms with Gasteiger partial charge in [0, 0.05) is 30.3 Å². The lowest BCUT2D eigenvalue weighted by Gasteiger charge is -2.29. The van der Waals surface area contributed by atoms with Crippen LogP contribution in [0.1, 0.15) is 34.4 Å². The van der Waals surface area contributed by atoms with Crippen LogP contribution in [0, 0.1) is 13.8 Å². The number of hydrogen-bond donors (Lipinski definition) is 1. The average Bonchev–Trinajstić information content (AvgIpc) is 3.68. The van der Waals surface area contributed by atoms with Crippen molar-refractivity contribution >= 4 is 29.0 Å². The molecule has 0 radical (unpaired) electrons. The molecule has 1 saturated heterocycles. The Morgan fingerprint density at radius 1 is 1.00 bits per heavy atom. The molecule has 0 aliphatic carbocycles. The highest BCUT2D eigenvalue weighted by Crippen LogP contribution is 2.33. The van der Waals surface area contributed by atoms with E-state index in [1.165, 1.54) is 0 Å². The maximum Gasteiger partial charge on any atom is 0.322 e. The van der Waals surface area contributed by atoms with Crippen molar-refractivity contribution in [2.75, 3.05) is 31.8 Å². The molecule has 5 rings (SSSR count). The third-order valence-corrected chi connectivity index (χ3v) is 7.77. The number of urea groups is 1. The molecule has 1 N–H and O–H groups in total. The lowest BCUT2D eigenvalue weighted by atomic mass is 10.1. The van der Waals surface area contributed by atoms with E-state index in [2.05, 4.69) is 5.32 Å². The van der Waals surface area contributed by atoms with Crippen LogP contribution in [0.3, 0.4) is 0 Å². The molecule has 0 bridgehead atoms. The molecule has 2 aromatic carbocycles. The van der Waals surface area contributed by atoms with Gasteiger partial charge in [0.25, 0.3) is 0 Å². The first kappa shape index (κ1) is 26.1. The second-order valence-electron chi connectivity index (χ2n) is 9.76. The standard InChI is InChI=1S/C29H33N3O5S/c1-20-7-9-23(13-21(20)2)30-29(34)32(16-24-5-3-11-35-24)18-28(33)31(17-25-6-4-12-38-25)15-22-8-10-26-27(14-22)37-19-36-26/h4,6-10,12-14,24H,3,5,11,15-19H2,1-2H3,(H,30,34). The number of carbonyl (C=O) groups is 2. The number of carbonyl (C=O) groups excluding carboxylic acids is 2. The highest BCUT2D eigenvalue weighted by molar-refractivity contribution is 7.09. The highest BCUT2D eigenvalue weighted by atomic mass is 32.1. The maximum absolute atomic E-state index is 13.8. The zero-order chi connectivity index (χ0) is 26.5. The zero-order valence-corrected chi connectivity index (χ0v) is 22.6. The molecular weight excluding hydrogens is 502 g/mol. The van der Waals surface area contributed by atoms with E-state index < -0.39 is 0 Å². The molecule has 1 fully saturated rings. The number of benzene rings is 2. The molecule has 2 aliphatic heterocycles. The van der Waals surface area contributed by atoms with Crippen molar-refractivity contribution in [1.29, 1.82) is 0 Å². The summed E-state index contributed by atoms with van der Waals surface area (Å²) in [5.41, 5.74) is 3.89. The second kappa shape index (κ2) is 11.9. The minimum atomic E-state index is -0.309. The van der Waals surface area contributed by atoms with Gasteiger partial charge in [-0.3, -0.25) is 4.79 Å². The summed E-state index contributed by atoms with van der Waals surface area (Å²) in [6.07, 6.45) is 1.75. The first-order chi connectivity index (χ1) is 18.4. The summed E-state index contributed by atoms with van der Waals surface area (Å²) in [5, 5.41) is 4.98. The zero-order valence-electron chi connectivity index (χ0n) is 21.8. The van der Waals surface area contributed by atoms with Crippen molar-refractivity contribution < 1.29 is 23.8 Å². The van der Waals surface area contributed by atoms with Gasteiger partial charge in [-0.15, -0.1) is 11.3 Å². The number of amides is 3. The quantitative estimate of drug-likeness (QED) is 0.400. The fourth-order valence-corrected chi connectivity index (χ4v) is 5.34. The molecule has 1 unspecified atom stereocenters. The van der Waals surface area contributed by atoms with Crippen molar-refractivity contribution in [3.8, 4) is 11.5 Å². The summed E-state index contributed by atoms with van der Waals surface area (Å²) in [7, 11) is 0. The van der Waals surface area contributed by atoms with Crippen LogP contribution in [-0.2, 0) is 22.6 Å². The maximum atomic E-state index is 13.8. The summed E-state index contributed by atoms with van der Waals surface area (Å²) in [6.45, 7) is 6.08. The molecule has 3 aromatic rings. The van der Waals surface area contributed by atoms with Crippen LogP contribution in [0.15, 0.2) is 53.9 Å². The van der Waals surface area contributed by atoms with Crippen LogP contribution < -0.4 is 14.8 Å². The first-order valence-electron chi connectivity index (χ1n) is 12.9. The Morgan fingerprint density at radius 3 is 2.63 bits per heavy atom. The van der Waals surface area contributed by atoms with Gasteiger partial charge in [-0.1, -0.05) is 18.2 Å². The molecule has 1 atom stereocenters. The van der Waals surface area contributed by atoms with Crippen molar-refractivity contribution in [1.82, 2.24) is 9.80 Å². The van der Waals surface area contributed by atoms with Crippen LogP contribution in [0.25, 0.3) is 0 Å². The molecular formula is C29H33N3O5S. The summed E-state index contributed by atoms with van der Waals surface area (Å²) >= 11 is 1.60. The van der Waals surface area contributed by atoms with E-state index in [0.717, 1.165) is 34.4 Å². The van der Waals surface area contributed by atoms with Gasteiger partial charge in [0.1, 0.15) is 6.54 Å². The minimum absolute atomic E-state index is 0.0491. The van der Waals surface area contributed by atoms with E-state index in [-0.39, 0.29) is 31.4 Å². The van der Waals surface area contributed by atoms with Gasteiger partial charge in [0.2, 0.25) is 12.7 Å². The topological polar surface area (TPSA) is 80.3 Å². The van der Waals surface area contributed by atoms with E-state index >= 15 is 0 Å². The summed E-state index contributed by atoms with van der Waals surface area (Å²) in [6, 6.07) is 15.2. The normalized spacial score (nSPS) is 15.9. The third-order valence-electron chi connectivity index (χ3n) is 6.91. The van der Waals surface area contributed by atoms with Crippen molar-refractivity contribution in [2.45, 2.75) is 45.9 Å². The minimum Gasteiger partial charge on any atom is -0.454 e. The monoisotopic (exact) mass is 535 g/mol. The fourth-order valence-electron chi connectivity index (χ4n) is 4.62. The van der Waals surface area contributed by atoms with Gasteiger partial charge in [0.15, 0.2) is 11.5 Å². The highest BCUT2D eigenvalue weighted by Gasteiger charge is 2.27. The van der Waals surface area contributed by atoms with Gasteiger partial charge in [-0.05, 0) is 79.1 Å². The Kier molecular flexibility index (Phi) is 8.14. The predicted molar refractivity (Wildman–Crippen MR) is 147 cm³/mol. The van der Waals surface area contributed by atoms with Crippen LogP contribution in [0.4, 0.5) is 10.5 Å². The Labute approximate surface area is 227 Å². The lowest BCUT2D eigenvalue weighted by Crippen LogP contribution is -2.46. The summed E-state index contributed by atoms with van der Waals surface area (Å²) in [5.74, 6) is 1.25. The number of thiophene rings is 1. The smallest absolute Gasteiger partial charge is 0.322 e. The Balaban J connectivity index is 1.33. The second-order valence-corrected chi connectivity index (χ2v) is 10.8. The number of hydrogen-bond acceptors (Lipinski definition) is 6. The van der Waals surface area contributed by atoms with Gasteiger partial charge in [-0.25, -0.2) is 4.79 Å². The molecule has 3 amide bonds. The number of ether oxygens (including phenoxy) is 3. The molecule has 3 heterocycles. The average molecular weight is 536 g/mol. The number of anilines is 1. The largest absolute Gasteiger partial charge is 0.454 e. The summed E-state index contributed by atoms with van der Waals surface area (Å²) < 4.78 is 16.8. The predicted octanol–water partition coefficient (Wildman–Crippen LogP) is 5.34. The van der Waals surface area contributed by atoms with E-state index in [0.29, 0.717) is 43.4 Å². The summed E-state index contributed by atoms with van der Waals surface area (Å²) in [4.78, 5) is 31.6. The van der Waals surface area contributed by atoms with Crippen molar-refractivity contribution in [3.63, 3.8) is 0 Å². The first-order valence-corrected chi connectivity index (χ1v) is 13.8. The van der Waals surface area contributed by atoms with E-state index in [9.17, 15) is 9.59 Å². The molecule has 0 spiro atoms. The number of rotatable bonds is 9. The number of aryl methyl sites for hydroxylation is 2. The molecule has 1 aromatic heterocycles. The molecule has 38 heavy (non-hydrogen) atoms. The lowest BCUT2D eigenvalue weighted by molar-refractivity contribution is -0.133. The van der Waals surface area contributed by atoms with E-state index in [4.69, 9.17) is 14.2 Å². The van der Waals surface area contributed by atoms with Crippen molar-refractivity contribution in [3.05, 3.63) is 75.5 Å². The van der Waals surface area contributed by atoms with Crippen LogP contribution in [-0.4, -0.2) is 54.3 Å².